The molecule has 2 aromatic carbocycles. The van der Waals surface area contributed by atoms with Gasteiger partial charge < -0.3 is 5.73 Å². The van der Waals surface area contributed by atoms with E-state index in [0.29, 0.717) is 12.1 Å². The van der Waals surface area contributed by atoms with Crippen molar-refractivity contribution in [3.05, 3.63) is 63.6 Å². The minimum Gasteiger partial charge on any atom is -0.326 e. The van der Waals surface area contributed by atoms with Crippen molar-refractivity contribution in [1.82, 2.24) is 4.72 Å². The predicted octanol–water partition coefficient (Wildman–Crippen LogP) is 2.69. The van der Waals surface area contributed by atoms with Crippen LogP contribution in [0.25, 0.3) is 0 Å². The van der Waals surface area contributed by atoms with Crippen LogP contribution in [-0.2, 0) is 23.1 Å². The molecule has 0 aliphatic heterocycles. The number of nitrogens with two attached hydrogens (primary N) is 1. The smallest absolute Gasteiger partial charge is 0.241 e. The lowest BCUT2D eigenvalue weighted by Gasteiger charge is -2.12. The maximum atomic E-state index is 12.4. The molecule has 0 atom stereocenters. The van der Waals surface area contributed by atoms with Crippen LogP contribution in [0.4, 0.5) is 0 Å². The predicted molar refractivity (Wildman–Crippen MR) is 87.2 cm³/mol. The van der Waals surface area contributed by atoms with E-state index in [4.69, 9.17) is 5.73 Å². The van der Waals surface area contributed by atoms with E-state index in [1.54, 1.807) is 19.1 Å². The Morgan fingerprint density at radius 2 is 1.81 bits per heavy atom. The van der Waals surface area contributed by atoms with Crippen molar-refractivity contribution in [3.8, 4) is 0 Å². The number of sulfonamides is 1. The first-order valence-electron chi connectivity index (χ1n) is 6.46. The molecule has 3 N–H and O–H groups in total. The van der Waals surface area contributed by atoms with Gasteiger partial charge in [-0.05, 0) is 41.8 Å². The summed E-state index contributed by atoms with van der Waals surface area (Å²) < 4.78 is 28.4. The molecule has 0 amide bonds. The van der Waals surface area contributed by atoms with Crippen LogP contribution in [0.15, 0.2) is 51.8 Å². The van der Waals surface area contributed by atoms with E-state index in [1.807, 2.05) is 30.3 Å². The topological polar surface area (TPSA) is 72.2 Å². The molecule has 2 aromatic rings. The molecule has 0 aliphatic rings. The molecule has 4 nitrogen and oxygen atoms in total. The number of hydrogen-bond donors (Lipinski definition) is 2. The average molecular weight is 369 g/mol. The number of nitrogens with one attached hydrogen (secondary N) is 1. The molecule has 0 heterocycles. The van der Waals surface area contributed by atoms with Gasteiger partial charge in [-0.2, -0.15) is 0 Å². The zero-order valence-corrected chi connectivity index (χ0v) is 14.0. The molecule has 112 valence electrons. The van der Waals surface area contributed by atoms with Gasteiger partial charge in [0.15, 0.2) is 0 Å². The lowest BCUT2D eigenvalue weighted by molar-refractivity contribution is 0.580. The van der Waals surface area contributed by atoms with E-state index in [-0.39, 0.29) is 11.4 Å². The highest BCUT2D eigenvalue weighted by Gasteiger charge is 2.17. The monoisotopic (exact) mass is 368 g/mol. The van der Waals surface area contributed by atoms with Gasteiger partial charge in [0.05, 0.1) is 4.90 Å². The van der Waals surface area contributed by atoms with Gasteiger partial charge >= 0.3 is 0 Å². The van der Waals surface area contributed by atoms with Crippen LogP contribution in [0.2, 0.25) is 0 Å². The van der Waals surface area contributed by atoms with Crippen LogP contribution in [0.3, 0.4) is 0 Å². The van der Waals surface area contributed by atoms with E-state index >= 15 is 0 Å². The molecule has 6 heteroatoms. The maximum Gasteiger partial charge on any atom is 0.241 e. The Labute approximate surface area is 133 Å². The third-order valence-corrected chi connectivity index (χ3v) is 5.36. The highest BCUT2D eigenvalue weighted by Crippen LogP contribution is 2.19. The van der Waals surface area contributed by atoms with Crippen molar-refractivity contribution < 1.29 is 8.42 Å². The number of rotatable bonds is 5. The number of halogens is 1. The normalized spacial score (nSPS) is 11.6. The highest BCUT2D eigenvalue weighted by atomic mass is 79.9. The Bertz CT molecular complexity index is 728. The first kappa shape index (κ1) is 16.2. The first-order chi connectivity index (χ1) is 9.94. The van der Waals surface area contributed by atoms with Crippen LogP contribution in [0.5, 0.6) is 0 Å². The summed E-state index contributed by atoms with van der Waals surface area (Å²) in [5.74, 6) is 0. The highest BCUT2D eigenvalue weighted by molar-refractivity contribution is 9.10. The molecule has 0 spiro atoms. The van der Waals surface area contributed by atoms with Crippen LogP contribution in [-0.4, -0.2) is 8.42 Å². The van der Waals surface area contributed by atoms with E-state index in [9.17, 15) is 8.42 Å². The number of benzene rings is 2. The van der Waals surface area contributed by atoms with Crippen LogP contribution < -0.4 is 10.5 Å². The summed E-state index contributed by atoms with van der Waals surface area (Å²) in [4.78, 5) is 0.280. The summed E-state index contributed by atoms with van der Waals surface area (Å²) in [6, 6.07) is 12.6. The third kappa shape index (κ3) is 3.91. The van der Waals surface area contributed by atoms with Gasteiger partial charge in [-0.3, -0.25) is 0 Å². The summed E-state index contributed by atoms with van der Waals surface area (Å²) in [5, 5.41) is 0. The molecule has 0 saturated carbocycles. The fraction of sp³-hybridized carbons (Fsp3) is 0.200. The Morgan fingerprint density at radius 1 is 1.14 bits per heavy atom. The third-order valence-electron chi connectivity index (χ3n) is 3.29. The Morgan fingerprint density at radius 3 is 2.43 bits per heavy atom. The molecular weight excluding hydrogens is 352 g/mol. The first-order valence-corrected chi connectivity index (χ1v) is 8.74. The molecule has 0 bridgehead atoms. The number of hydrogen-bond acceptors (Lipinski definition) is 3. The molecular formula is C15H17BrN2O2S. The van der Waals surface area contributed by atoms with Gasteiger partial charge in [-0.15, -0.1) is 0 Å². The summed E-state index contributed by atoms with van der Waals surface area (Å²) in [5.41, 5.74) is 8.05. The largest absolute Gasteiger partial charge is 0.326 e. The fourth-order valence-corrected chi connectivity index (χ4v) is 3.60. The molecule has 21 heavy (non-hydrogen) atoms. The van der Waals surface area contributed by atoms with Crippen molar-refractivity contribution in [3.63, 3.8) is 0 Å². The fourth-order valence-electron chi connectivity index (χ4n) is 2.03. The quantitative estimate of drug-likeness (QED) is 0.851. The van der Waals surface area contributed by atoms with Gasteiger partial charge in [-0.1, -0.05) is 40.2 Å². The molecule has 0 fully saturated rings. The summed E-state index contributed by atoms with van der Waals surface area (Å²) in [7, 11) is -3.55. The van der Waals surface area contributed by atoms with E-state index in [2.05, 4.69) is 20.7 Å². The summed E-state index contributed by atoms with van der Waals surface area (Å²) in [6.07, 6.45) is 0. The minimum absolute atomic E-state index is 0.252. The SMILES string of the molecule is Cc1c(CN)cccc1S(=O)(=O)NCc1ccc(Br)cc1. The van der Waals surface area contributed by atoms with Gasteiger partial charge in [0.2, 0.25) is 10.0 Å². The zero-order valence-electron chi connectivity index (χ0n) is 11.6. The van der Waals surface area contributed by atoms with Crippen molar-refractivity contribution in [1.29, 1.82) is 0 Å². The lowest BCUT2D eigenvalue weighted by Crippen LogP contribution is -2.24. The summed E-state index contributed by atoms with van der Waals surface area (Å²) in [6.45, 7) is 2.35. The molecule has 0 radical (unpaired) electrons. The van der Waals surface area contributed by atoms with E-state index in [1.165, 1.54) is 0 Å². The van der Waals surface area contributed by atoms with E-state index in [0.717, 1.165) is 15.6 Å². The average Bonchev–Trinajstić information content (AvgIpc) is 2.47. The van der Waals surface area contributed by atoms with Crippen LogP contribution >= 0.6 is 15.9 Å². The second-order valence-corrected chi connectivity index (χ2v) is 7.35. The Kier molecular flexibility index (Phi) is 5.16. The van der Waals surface area contributed by atoms with Gasteiger partial charge in [0.1, 0.15) is 0 Å². The van der Waals surface area contributed by atoms with Crippen LogP contribution in [0.1, 0.15) is 16.7 Å². The molecule has 2 rings (SSSR count). The van der Waals surface area contributed by atoms with Crippen molar-refractivity contribution >= 4 is 26.0 Å². The molecule has 0 saturated heterocycles. The Balaban J connectivity index is 2.21. The second-order valence-electron chi connectivity index (χ2n) is 4.70. The van der Waals surface area contributed by atoms with Gasteiger partial charge in [-0.25, -0.2) is 13.1 Å². The van der Waals surface area contributed by atoms with Crippen molar-refractivity contribution in [2.45, 2.75) is 24.9 Å². The zero-order chi connectivity index (χ0) is 15.5. The lowest BCUT2D eigenvalue weighted by atomic mass is 10.1. The molecule has 0 aromatic heterocycles. The maximum absolute atomic E-state index is 12.4. The van der Waals surface area contributed by atoms with Gasteiger partial charge in [0.25, 0.3) is 0 Å². The van der Waals surface area contributed by atoms with Gasteiger partial charge in [0, 0.05) is 17.6 Å². The minimum atomic E-state index is -3.55. The summed E-state index contributed by atoms with van der Waals surface area (Å²) >= 11 is 3.35. The second kappa shape index (κ2) is 6.70. The Hall–Kier alpha value is -1.21. The molecule has 0 aliphatic carbocycles. The standard InChI is InChI=1S/C15H17BrN2O2S/c1-11-13(9-17)3-2-4-15(11)21(19,20)18-10-12-5-7-14(16)8-6-12/h2-8,18H,9-10,17H2,1H3. The molecule has 0 unspecified atom stereocenters. The van der Waals surface area contributed by atoms with Crippen LogP contribution in [0, 0.1) is 6.92 Å². The van der Waals surface area contributed by atoms with E-state index < -0.39 is 10.0 Å². The van der Waals surface area contributed by atoms with Crippen molar-refractivity contribution in [2.24, 2.45) is 5.73 Å². The van der Waals surface area contributed by atoms with Crippen molar-refractivity contribution in [2.75, 3.05) is 0 Å².